The van der Waals surface area contributed by atoms with Gasteiger partial charge in [0.05, 0.1) is 5.60 Å². The van der Waals surface area contributed by atoms with Gasteiger partial charge >= 0.3 is 0 Å². The summed E-state index contributed by atoms with van der Waals surface area (Å²) in [4.78, 5) is 3.98. The van der Waals surface area contributed by atoms with Gasteiger partial charge in [-0.1, -0.05) is 6.07 Å². The molecule has 0 aromatic carbocycles. The van der Waals surface area contributed by atoms with E-state index in [1.165, 1.54) is 24.3 Å². The average Bonchev–Trinajstić information content (AvgIpc) is 2.96. The van der Waals surface area contributed by atoms with Gasteiger partial charge in [0.1, 0.15) is 0 Å². The van der Waals surface area contributed by atoms with Crippen molar-refractivity contribution in [2.75, 3.05) is 13.1 Å². The third-order valence-corrected chi connectivity index (χ3v) is 5.33. The smallest absolute Gasteiger partial charge is 0.0678 e. The second kappa shape index (κ2) is 4.71. The molecule has 0 aliphatic carbocycles. The molecule has 1 aromatic heterocycles. The quantitative estimate of drug-likeness (QED) is 0.893. The van der Waals surface area contributed by atoms with Gasteiger partial charge in [-0.2, -0.15) is 0 Å². The van der Waals surface area contributed by atoms with E-state index in [0.29, 0.717) is 6.04 Å². The van der Waals surface area contributed by atoms with Crippen molar-refractivity contribution in [1.29, 1.82) is 0 Å². The van der Waals surface area contributed by atoms with Crippen LogP contribution in [0.2, 0.25) is 0 Å². The maximum Gasteiger partial charge on any atom is 0.0678 e. The second-order valence-electron chi connectivity index (χ2n) is 5.59. The van der Waals surface area contributed by atoms with Crippen molar-refractivity contribution in [2.45, 2.75) is 50.2 Å². The Balaban J connectivity index is 1.58. The summed E-state index contributed by atoms with van der Waals surface area (Å²) in [6.45, 7) is 2.36. The molecule has 2 aliphatic rings. The van der Waals surface area contributed by atoms with Crippen LogP contribution in [0.3, 0.4) is 0 Å². The van der Waals surface area contributed by atoms with Gasteiger partial charge in [0, 0.05) is 17.5 Å². The van der Waals surface area contributed by atoms with Crippen LogP contribution in [0.1, 0.15) is 37.0 Å². The molecule has 2 nitrogen and oxygen atoms in total. The van der Waals surface area contributed by atoms with Crippen molar-refractivity contribution in [1.82, 2.24) is 4.90 Å². The molecule has 3 heteroatoms. The molecule has 0 radical (unpaired) electrons. The highest BCUT2D eigenvalue weighted by Crippen LogP contribution is 2.35. The SMILES string of the molecule is OC1(CCc2cccs2)CCN2CCCC2C1. The molecule has 2 atom stereocenters. The van der Waals surface area contributed by atoms with E-state index >= 15 is 0 Å². The normalized spacial score (nSPS) is 33.8. The molecule has 2 fully saturated rings. The first-order valence-electron chi connectivity index (χ1n) is 6.74. The molecule has 3 rings (SSSR count). The summed E-state index contributed by atoms with van der Waals surface area (Å²) in [7, 11) is 0. The second-order valence-corrected chi connectivity index (χ2v) is 6.62. The van der Waals surface area contributed by atoms with Crippen LogP contribution >= 0.6 is 11.3 Å². The van der Waals surface area contributed by atoms with Crippen LogP contribution in [0, 0.1) is 0 Å². The fourth-order valence-electron chi connectivity index (χ4n) is 3.35. The molecule has 2 unspecified atom stereocenters. The molecule has 0 amide bonds. The van der Waals surface area contributed by atoms with Crippen LogP contribution in [0.4, 0.5) is 0 Å². The fraction of sp³-hybridized carbons (Fsp3) is 0.714. The summed E-state index contributed by atoms with van der Waals surface area (Å²) in [5.74, 6) is 0. The minimum Gasteiger partial charge on any atom is -0.390 e. The van der Waals surface area contributed by atoms with E-state index in [0.717, 1.165) is 32.2 Å². The number of hydrogen-bond donors (Lipinski definition) is 1. The van der Waals surface area contributed by atoms with E-state index in [1.807, 2.05) is 11.3 Å². The monoisotopic (exact) mass is 251 g/mol. The number of nitrogens with zero attached hydrogens (tertiary/aromatic N) is 1. The average molecular weight is 251 g/mol. The molecule has 1 aromatic rings. The van der Waals surface area contributed by atoms with E-state index in [-0.39, 0.29) is 0 Å². The van der Waals surface area contributed by atoms with Gasteiger partial charge in [-0.25, -0.2) is 0 Å². The highest BCUT2D eigenvalue weighted by molar-refractivity contribution is 7.09. The van der Waals surface area contributed by atoms with Crippen molar-refractivity contribution in [2.24, 2.45) is 0 Å². The first-order valence-corrected chi connectivity index (χ1v) is 7.62. The van der Waals surface area contributed by atoms with E-state index in [1.54, 1.807) is 0 Å². The minimum atomic E-state index is -0.393. The Hall–Kier alpha value is -0.380. The highest BCUT2D eigenvalue weighted by Gasteiger charge is 2.39. The van der Waals surface area contributed by atoms with Crippen LogP contribution in [0.25, 0.3) is 0 Å². The van der Waals surface area contributed by atoms with Crippen molar-refractivity contribution in [3.05, 3.63) is 22.4 Å². The molecule has 1 N–H and O–H groups in total. The molecule has 2 aliphatic heterocycles. The molecule has 3 heterocycles. The maximum atomic E-state index is 10.7. The lowest BCUT2D eigenvalue weighted by molar-refractivity contribution is -0.0415. The lowest BCUT2D eigenvalue weighted by atomic mass is 9.83. The predicted molar refractivity (Wildman–Crippen MR) is 71.4 cm³/mol. The van der Waals surface area contributed by atoms with E-state index < -0.39 is 5.60 Å². The van der Waals surface area contributed by atoms with Crippen LogP contribution in [-0.2, 0) is 6.42 Å². The Bertz CT molecular complexity index is 364. The topological polar surface area (TPSA) is 23.5 Å². The first kappa shape index (κ1) is 11.7. The summed E-state index contributed by atoms with van der Waals surface area (Å²) >= 11 is 1.81. The number of thiophene rings is 1. The number of piperidine rings is 1. The van der Waals surface area contributed by atoms with Gasteiger partial charge in [-0.15, -0.1) is 11.3 Å². The van der Waals surface area contributed by atoms with Crippen LogP contribution in [0.5, 0.6) is 0 Å². The highest BCUT2D eigenvalue weighted by atomic mass is 32.1. The lowest BCUT2D eigenvalue weighted by Crippen LogP contribution is -2.47. The number of aliphatic hydroxyl groups is 1. The summed E-state index contributed by atoms with van der Waals surface area (Å²) in [6.07, 6.45) is 6.57. The molecule has 2 saturated heterocycles. The Morgan fingerprint density at radius 3 is 3.24 bits per heavy atom. The predicted octanol–water partition coefficient (Wildman–Crippen LogP) is 2.67. The zero-order chi connectivity index (χ0) is 11.7. The number of aryl methyl sites for hydroxylation is 1. The summed E-state index contributed by atoms with van der Waals surface area (Å²) < 4.78 is 0. The minimum absolute atomic E-state index is 0.393. The van der Waals surface area contributed by atoms with Crippen molar-refractivity contribution in [3.8, 4) is 0 Å². The fourth-order valence-corrected chi connectivity index (χ4v) is 4.06. The van der Waals surface area contributed by atoms with Crippen molar-refractivity contribution in [3.63, 3.8) is 0 Å². The van der Waals surface area contributed by atoms with Gasteiger partial charge in [-0.3, -0.25) is 0 Å². The Morgan fingerprint density at radius 1 is 1.47 bits per heavy atom. The van der Waals surface area contributed by atoms with Crippen LogP contribution in [-0.4, -0.2) is 34.7 Å². The Morgan fingerprint density at radius 2 is 2.41 bits per heavy atom. The van der Waals surface area contributed by atoms with Crippen LogP contribution in [0.15, 0.2) is 17.5 Å². The van der Waals surface area contributed by atoms with Gasteiger partial charge in [0.15, 0.2) is 0 Å². The zero-order valence-electron chi connectivity index (χ0n) is 10.3. The van der Waals surface area contributed by atoms with Gasteiger partial charge in [0.25, 0.3) is 0 Å². The molecule has 0 spiro atoms. The van der Waals surface area contributed by atoms with E-state index in [4.69, 9.17) is 0 Å². The zero-order valence-corrected chi connectivity index (χ0v) is 11.1. The molecule has 17 heavy (non-hydrogen) atoms. The summed E-state index contributed by atoms with van der Waals surface area (Å²) in [6, 6.07) is 4.94. The summed E-state index contributed by atoms with van der Waals surface area (Å²) in [5.41, 5.74) is -0.393. The van der Waals surface area contributed by atoms with Crippen molar-refractivity contribution >= 4 is 11.3 Å². The standard InChI is InChI=1S/C14H21NOS/c16-14(6-5-13-4-2-10-17-13)7-9-15-8-1-3-12(15)11-14/h2,4,10,12,16H,1,3,5-9,11H2. The molecule has 94 valence electrons. The van der Waals surface area contributed by atoms with Gasteiger partial charge < -0.3 is 10.0 Å². The largest absolute Gasteiger partial charge is 0.390 e. The van der Waals surface area contributed by atoms with Crippen LogP contribution < -0.4 is 0 Å². The maximum absolute atomic E-state index is 10.7. The first-order chi connectivity index (χ1) is 8.25. The number of fused-ring (bicyclic) bond motifs is 1. The molecular formula is C14H21NOS. The van der Waals surface area contributed by atoms with E-state index in [2.05, 4.69) is 22.4 Å². The van der Waals surface area contributed by atoms with Gasteiger partial charge in [-0.05, 0) is 56.5 Å². The Kier molecular flexibility index (Phi) is 3.24. The number of rotatable bonds is 3. The van der Waals surface area contributed by atoms with Gasteiger partial charge in [0.2, 0.25) is 0 Å². The lowest BCUT2D eigenvalue weighted by Gasteiger charge is -2.41. The van der Waals surface area contributed by atoms with E-state index in [9.17, 15) is 5.11 Å². The third kappa shape index (κ3) is 2.56. The number of hydrogen-bond acceptors (Lipinski definition) is 3. The third-order valence-electron chi connectivity index (χ3n) is 4.40. The Labute approximate surface area is 107 Å². The molecule has 0 bridgehead atoms. The molecule has 0 saturated carbocycles. The van der Waals surface area contributed by atoms with Crippen molar-refractivity contribution < 1.29 is 5.11 Å². The molecular weight excluding hydrogens is 230 g/mol. The summed E-state index contributed by atoms with van der Waals surface area (Å²) in [5, 5.41) is 12.8.